The molecule has 0 aromatic rings. The number of hydrogen-bond donors (Lipinski definition) is 3. The summed E-state index contributed by atoms with van der Waals surface area (Å²) in [6, 6.07) is 0. The summed E-state index contributed by atoms with van der Waals surface area (Å²) >= 11 is 0. The van der Waals surface area contributed by atoms with Crippen molar-refractivity contribution in [2.75, 3.05) is 0 Å². The zero-order chi connectivity index (χ0) is 9.31. The monoisotopic (exact) mass is 183 g/mol. The molecule has 0 aromatic heterocycles. The molecule has 70 valence electrons. The van der Waals surface area contributed by atoms with Gasteiger partial charge in [-0.3, -0.25) is 0 Å². The summed E-state index contributed by atoms with van der Waals surface area (Å²) < 4.78 is 4.91. The van der Waals surface area contributed by atoms with Crippen LogP contribution in [0, 0.1) is 0 Å². The average Bonchev–Trinajstić information content (AvgIpc) is 1.57. The molecule has 0 saturated heterocycles. The predicted molar refractivity (Wildman–Crippen MR) is 46.9 cm³/mol. The molecule has 0 aliphatic carbocycles. The van der Waals surface area contributed by atoms with E-state index in [4.69, 9.17) is 10.0 Å². The Kier molecular flexibility index (Phi) is 3.03. The summed E-state index contributed by atoms with van der Waals surface area (Å²) in [7, 11) is -4.31. The molecule has 11 heavy (non-hydrogen) atoms. The van der Waals surface area contributed by atoms with E-state index in [9.17, 15) is 9.79 Å². The number of hydrogen-bond acceptors (Lipinski definition) is 4. The Labute approximate surface area is 67.6 Å². The van der Waals surface area contributed by atoms with Crippen LogP contribution in [0.4, 0.5) is 0 Å². The van der Waals surface area contributed by atoms with Gasteiger partial charge in [0.15, 0.2) is 0 Å². The standard InChI is InChI=1S/C6H18NO3P/c1-5(2)10-11(7,8,9)6(3)4/h5-6,8-9H,7H2,1-4H3. The quantitative estimate of drug-likeness (QED) is 0.570. The van der Waals surface area contributed by atoms with Gasteiger partial charge in [0.1, 0.15) is 0 Å². The van der Waals surface area contributed by atoms with Gasteiger partial charge >= 0.3 is 66.7 Å². The summed E-state index contributed by atoms with van der Waals surface area (Å²) in [5, 5.41) is 0. The Bertz CT molecular complexity index is 138. The molecular weight excluding hydrogens is 165 g/mol. The first-order valence-corrected chi connectivity index (χ1v) is 5.84. The fourth-order valence-corrected chi connectivity index (χ4v) is 1.66. The van der Waals surface area contributed by atoms with Crippen molar-refractivity contribution in [2.24, 2.45) is 5.50 Å². The molecular formula is C6H18NO3P. The molecule has 0 unspecified atom stereocenters. The van der Waals surface area contributed by atoms with Crippen LogP contribution in [0.5, 0.6) is 0 Å². The normalized spacial score (nSPS) is 17.0. The van der Waals surface area contributed by atoms with Gasteiger partial charge in [0, 0.05) is 0 Å². The van der Waals surface area contributed by atoms with Crippen molar-refractivity contribution in [2.45, 2.75) is 39.5 Å². The fourth-order valence-electron chi connectivity index (χ4n) is 0.554. The van der Waals surface area contributed by atoms with Crippen molar-refractivity contribution >= 4 is 7.43 Å². The van der Waals surface area contributed by atoms with E-state index in [1.165, 1.54) is 0 Å². The van der Waals surface area contributed by atoms with Crippen LogP contribution in [0.15, 0.2) is 0 Å². The molecule has 0 aliphatic rings. The molecule has 0 aliphatic heterocycles. The molecule has 0 bridgehead atoms. The second-order valence-corrected chi connectivity index (χ2v) is 6.72. The van der Waals surface area contributed by atoms with Gasteiger partial charge in [-0.25, -0.2) is 0 Å². The SMILES string of the molecule is CC(C)OP(N)(O)(O)C(C)C. The van der Waals surface area contributed by atoms with Gasteiger partial charge in [0.05, 0.1) is 0 Å². The van der Waals surface area contributed by atoms with Crippen molar-refractivity contribution in [3.8, 4) is 0 Å². The van der Waals surface area contributed by atoms with E-state index in [-0.39, 0.29) is 6.10 Å². The minimum absolute atomic E-state index is 0.268. The molecule has 0 saturated carbocycles. The van der Waals surface area contributed by atoms with E-state index in [1.54, 1.807) is 27.7 Å². The summed E-state index contributed by atoms with van der Waals surface area (Å²) in [6.45, 7) is 6.67. The summed E-state index contributed by atoms with van der Waals surface area (Å²) in [5.74, 6) is 0. The van der Waals surface area contributed by atoms with Crippen LogP contribution in [-0.2, 0) is 4.52 Å². The van der Waals surface area contributed by atoms with Crippen molar-refractivity contribution in [3.63, 3.8) is 0 Å². The molecule has 0 atom stereocenters. The molecule has 0 spiro atoms. The van der Waals surface area contributed by atoms with Crippen molar-refractivity contribution in [3.05, 3.63) is 0 Å². The van der Waals surface area contributed by atoms with E-state index in [0.717, 1.165) is 0 Å². The van der Waals surface area contributed by atoms with Crippen LogP contribution in [0.25, 0.3) is 0 Å². The fraction of sp³-hybridized carbons (Fsp3) is 1.00. The van der Waals surface area contributed by atoms with Crippen LogP contribution in [-0.4, -0.2) is 21.5 Å². The van der Waals surface area contributed by atoms with Gasteiger partial charge in [-0.05, 0) is 0 Å². The van der Waals surface area contributed by atoms with Crippen LogP contribution in [0.3, 0.4) is 0 Å². The van der Waals surface area contributed by atoms with Gasteiger partial charge in [-0.15, -0.1) is 0 Å². The second-order valence-electron chi connectivity index (χ2n) is 3.32. The molecule has 0 radical (unpaired) electrons. The summed E-state index contributed by atoms with van der Waals surface area (Å²) in [5.41, 5.74) is 4.87. The van der Waals surface area contributed by atoms with Crippen LogP contribution >= 0.6 is 7.43 Å². The molecule has 0 aromatic carbocycles. The van der Waals surface area contributed by atoms with Gasteiger partial charge in [0.25, 0.3) is 0 Å². The van der Waals surface area contributed by atoms with E-state index >= 15 is 0 Å². The zero-order valence-electron chi connectivity index (χ0n) is 7.48. The van der Waals surface area contributed by atoms with E-state index < -0.39 is 13.1 Å². The predicted octanol–water partition coefficient (Wildman–Crippen LogP) is 0.976. The zero-order valence-corrected chi connectivity index (χ0v) is 8.38. The molecule has 0 heterocycles. The maximum atomic E-state index is 9.47. The van der Waals surface area contributed by atoms with Crippen LogP contribution in [0.1, 0.15) is 27.7 Å². The Morgan fingerprint density at radius 2 is 1.55 bits per heavy atom. The average molecular weight is 183 g/mol. The third-order valence-electron chi connectivity index (χ3n) is 1.40. The van der Waals surface area contributed by atoms with Gasteiger partial charge in [0.2, 0.25) is 0 Å². The Morgan fingerprint density at radius 1 is 1.18 bits per heavy atom. The third-order valence-corrected chi connectivity index (χ3v) is 4.19. The second kappa shape index (κ2) is 2.96. The Morgan fingerprint density at radius 3 is 1.64 bits per heavy atom. The molecule has 0 fully saturated rings. The topological polar surface area (TPSA) is 75.7 Å². The van der Waals surface area contributed by atoms with Crippen molar-refractivity contribution in [1.82, 2.24) is 0 Å². The molecule has 4 nitrogen and oxygen atoms in total. The molecule has 0 amide bonds. The van der Waals surface area contributed by atoms with E-state index in [1.807, 2.05) is 0 Å². The van der Waals surface area contributed by atoms with Crippen LogP contribution < -0.4 is 5.50 Å². The van der Waals surface area contributed by atoms with E-state index in [0.29, 0.717) is 0 Å². The summed E-state index contributed by atoms with van der Waals surface area (Å²) in [4.78, 5) is 18.9. The van der Waals surface area contributed by atoms with Crippen molar-refractivity contribution < 1.29 is 14.3 Å². The Hall–Kier alpha value is 0.270. The van der Waals surface area contributed by atoms with Crippen molar-refractivity contribution in [1.29, 1.82) is 0 Å². The first-order chi connectivity index (χ1) is 4.63. The maximum absolute atomic E-state index is 9.47. The van der Waals surface area contributed by atoms with Gasteiger partial charge in [-0.1, -0.05) is 0 Å². The van der Waals surface area contributed by atoms with Gasteiger partial charge < -0.3 is 0 Å². The first kappa shape index (κ1) is 11.3. The number of nitrogens with two attached hydrogens (primary N) is 1. The molecule has 5 heteroatoms. The third kappa shape index (κ3) is 3.45. The van der Waals surface area contributed by atoms with E-state index in [2.05, 4.69) is 0 Å². The van der Waals surface area contributed by atoms with Crippen LogP contribution in [0.2, 0.25) is 0 Å². The summed E-state index contributed by atoms with van der Waals surface area (Å²) in [6.07, 6.45) is -0.268. The van der Waals surface area contributed by atoms with Gasteiger partial charge in [-0.2, -0.15) is 0 Å². The first-order valence-electron chi connectivity index (χ1n) is 3.64. The number of rotatable bonds is 3. The molecule has 4 N–H and O–H groups in total. The minimum atomic E-state index is -4.31. The molecule has 0 rings (SSSR count). The Balaban J connectivity index is 4.39.